The fraction of sp³-hybridized carbons (Fsp3) is 0. The van der Waals surface area contributed by atoms with Gasteiger partial charge in [-0.05, 0) is 36.4 Å². The average molecular weight is 392 g/mol. The van der Waals surface area contributed by atoms with Crippen LogP contribution in [0.5, 0.6) is 0 Å². The summed E-state index contributed by atoms with van der Waals surface area (Å²) in [6, 6.07) is 21.7. The van der Waals surface area contributed by atoms with Crippen molar-refractivity contribution in [2.45, 2.75) is 0 Å². The second-order valence-electron chi connectivity index (χ2n) is 5.46. The van der Waals surface area contributed by atoms with Crippen molar-refractivity contribution in [3.63, 3.8) is 0 Å². The van der Waals surface area contributed by atoms with Gasteiger partial charge in [-0.3, -0.25) is 10.4 Å². The monoisotopic (exact) mass is 391 g/mol. The number of pyridine rings is 1. The molecule has 0 bridgehead atoms. The molecule has 0 aliphatic rings. The first-order valence-corrected chi connectivity index (χ1v) is 8.57. The Morgan fingerprint density at radius 2 is 1.80 bits per heavy atom. The molecule has 2 aromatic heterocycles. The molecule has 2 heterocycles. The van der Waals surface area contributed by atoms with Crippen LogP contribution in [0.1, 0.15) is 5.76 Å². The summed E-state index contributed by atoms with van der Waals surface area (Å²) in [4.78, 5) is 4.39. The number of nitrogens with zero attached hydrogens (tertiary/aromatic N) is 2. The smallest absolute Gasteiger partial charge is 0.147 e. The largest absolute Gasteiger partial charge is 0.455 e. The first-order chi connectivity index (χ1) is 12.3. The quantitative estimate of drug-likeness (QED) is 0.358. The second kappa shape index (κ2) is 6.91. The van der Waals surface area contributed by atoms with E-state index in [4.69, 9.17) is 4.42 Å². The highest BCUT2D eigenvalue weighted by atomic mass is 79.9. The summed E-state index contributed by atoms with van der Waals surface area (Å²) in [5.41, 5.74) is 5.80. The molecule has 0 amide bonds. The Hall–Kier alpha value is -2.92. The molecule has 0 aliphatic carbocycles. The van der Waals surface area contributed by atoms with Crippen molar-refractivity contribution in [2.75, 3.05) is 5.43 Å². The molecule has 0 saturated heterocycles. The molecular weight excluding hydrogens is 378 g/mol. The molecule has 0 fully saturated rings. The van der Waals surface area contributed by atoms with Crippen LogP contribution in [0.3, 0.4) is 0 Å². The Balaban J connectivity index is 1.51. The van der Waals surface area contributed by atoms with Gasteiger partial charge in [0.15, 0.2) is 0 Å². The lowest BCUT2D eigenvalue weighted by Gasteiger charge is -2.03. The van der Waals surface area contributed by atoms with Gasteiger partial charge in [-0.25, -0.2) is 0 Å². The van der Waals surface area contributed by atoms with Gasteiger partial charge in [-0.1, -0.05) is 46.3 Å². The molecule has 0 aliphatic heterocycles. The molecule has 122 valence electrons. The minimum absolute atomic E-state index is 0.679. The van der Waals surface area contributed by atoms with Gasteiger partial charge in [0, 0.05) is 21.6 Å². The van der Waals surface area contributed by atoms with E-state index in [0.29, 0.717) is 5.76 Å². The van der Waals surface area contributed by atoms with Crippen LogP contribution in [0.25, 0.3) is 22.2 Å². The number of anilines is 1. The Bertz CT molecular complexity index is 1030. The summed E-state index contributed by atoms with van der Waals surface area (Å²) < 4.78 is 6.85. The first kappa shape index (κ1) is 15.6. The van der Waals surface area contributed by atoms with E-state index in [1.807, 2.05) is 66.7 Å². The molecule has 0 atom stereocenters. The Morgan fingerprint density at radius 3 is 2.68 bits per heavy atom. The SMILES string of the molecule is Brc1ccc(-c2ccc(C=NNc3cccc4cccnc34)o2)cc1. The average Bonchev–Trinajstić information content (AvgIpc) is 3.11. The maximum atomic E-state index is 5.81. The molecule has 2 aromatic carbocycles. The Labute approximate surface area is 153 Å². The molecule has 4 rings (SSSR count). The summed E-state index contributed by atoms with van der Waals surface area (Å²) in [5, 5.41) is 5.33. The van der Waals surface area contributed by atoms with Gasteiger partial charge in [0.05, 0.1) is 17.4 Å². The number of para-hydroxylation sites is 1. The van der Waals surface area contributed by atoms with E-state index in [0.717, 1.165) is 32.4 Å². The highest BCUT2D eigenvalue weighted by Gasteiger charge is 2.04. The van der Waals surface area contributed by atoms with Crippen LogP contribution in [0.2, 0.25) is 0 Å². The van der Waals surface area contributed by atoms with Crippen LogP contribution in [0.15, 0.2) is 86.9 Å². The second-order valence-corrected chi connectivity index (χ2v) is 6.38. The van der Waals surface area contributed by atoms with Crippen LogP contribution in [0, 0.1) is 0 Å². The standard InChI is InChI=1S/C20H14BrN3O/c21-16-8-6-14(7-9-16)19-11-10-17(25-19)13-23-24-18-5-1-3-15-4-2-12-22-20(15)18/h1-13,24H. The molecule has 5 heteroatoms. The first-order valence-electron chi connectivity index (χ1n) is 7.78. The van der Waals surface area contributed by atoms with E-state index in [2.05, 4.69) is 31.4 Å². The van der Waals surface area contributed by atoms with Crippen LogP contribution in [-0.4, -0.2) is 11.2 Å². The lowest BCUT2D eigenvalue weighted by atomic mass is 10.2. The van der Waals surface area contributed by atoms with Crippen molar-refractivity contribution in [1.82, 2.24) is 4.98 Å². The maximum Gasteiger partial charge on any atom is 0.147 e. The summed E-state index contributed by atoms with van der Waals surface area (Å²) in [6.07, 6.45) is 3.43. The van der Waals surface area contributed by atoms with Gasteiger partial charge < -0.3 is 4.42 Å². The van der Waals surface area contributed by atoms with Crippen molar-refractivity contribution in [2.24, 2.45) is 5.10 Å². The summed E-state index contributed by atoms with van der Waals surface area (Å²) in [7, 11) is 0. The third kappa shape index (κ3) is 3.46. The number of aromatic nitrogens is 1. The van der Waals surface area contributed by atoms with Gasteiger partial charge in [0.2, 0.25) is 0 Å². The van der Waals surface area contributed by atoms with Gasteiger partial charge in [0.1, 0.15) is 11.5 Å². The topological polar surface area (TPSA) is 50.4 Å². The number of halogens is 1. The number of fused-ring (bicyclic) bond motifs is 1. The van der Waals surface area contributed by atoms with Crippen molar-refractivity contribution >= 4 is 38.7 Å². The number of hydrazone groups is 1. The van der Waals surface area contributed by atoms with Crippen molar-refractivity contribution in [3.8, 4) is 11.3 Å². The third-order valence-corrected chi connectivity index (χ3v) is 4.29. The molecule has 4 aromatic rings. The molecule has 25 heavy (non-hydrogen) atoms. The Morgan fingerprint density at radius 1 is 0.960 bits per heavy atom. The van der Waals surface area contributed by atoms with E-state index in [9.17, 15) is 0 Å². The van der Waals surface area contributed by atoms with E-state index in [-0.39, 0.29) is 0 Å². The number of furan rings is 1. The highest BCUT2D eigenvalue weighted by Crippen LogP contribution is 2.24. The van der Waals surface area contributed by atoms with Crippen molar-refractivity contribution in [1.29, 1.82) is 0 Å². The van der Waals surface area contributed by atoms with Crippen LogP contribution < -0.4 is 5.43 Å². The zero-order valence-corrected chi connectivity index (χ0v) is 14.8. The molecule has 1 N–H and O–H groups in total. The zero-order valence-electron chi connectivity index (χ0n) is 13.2. The van der Waals surface area contributed by atoms with E-state index < -0.39 is 0 Å². The fourth-order valence-corrected chi connectivity index (χ4v) is 2.82. The predicted octanol–water partition coefficient (Wildman–Crippen LogP) is 5.70. The van der Waals surface area contributed by atoms with Crippen LogP contribution in [-0.2, 0) is 0 Å². The zero-order chi connectivity index (χ0) is 17.1. The maximum absolute atomic E-state index is 5.81. The van der Waals surface area contributed by atoms with Gasteiger partial charge >= 0.3 is 0 Å². The van der Waals surface area contributed by atoms with Crippen LogP contribution >= 0.6 is 15.9 Å². The Kier molecular flexibility index (Phi) is 4.31. The lowest BCUT2D eigenvalue weighted by Crippen LogP contribution is -1.92. The summed E-state index contributed by atoms with van der Waals surface area (Å²) in [5.74, 6) is 1.49. The molecule has 0 unspecified atom stereocenters. The lowest BCUT2D eigenvalue weighted by molar-refractivity contribution is 0.575. The molecule has 0 saturated carbocycles. The third-order valence-electron chi connectivity index (χ3n) is 3.77. The van der Waals surface area contributed by atoms with E-state index in [1.165, 1.54) is 0 Å². The predicted molar refractivity (Wildman–Crippen MR) is 105 cm³/mol. The molecular formula is C20H14BrN3O. The minimum Gasteiger partial charge on any atom is -0.455 e. The summed E-state index contributed by atoms with van der Waals surface area (Å²) in [6.45, 7) is 0. The number of nitrogens with one attached hydrogen (secondary N) is 1. The van der Waals surface area contributed by atoms with Gasteiger partial charge in [-0.2, -0.15) is 5.10 Å². The normalized spacial score (nSPS) is 11.2. The number of hydrogen-bond acceptors (Lipinski definition) is 4. The summed E-state index contributed by atoms with van der Waals surface area (Å²) >= 11 is 3.43. The highest BCUT2D eigenvalue weighted by molar-refractivity contribution is 9.10. The number of hydrogen-bond donors (Lipinski definition) is 1. The molecule has 0 spiro atoms. The van der Waals surface area contributed by atoms with Crippen molar-refractivity contribution in [3.05, 3.63) is 83.2 Å². The fourth-order valence-electron chi connectivity index (χ4n) is 2.55. The van der Waals surface area contributed by atoms with Crippen molar-refractivity contribution < 1.29 is 4.42 Å². The van der Waals surface area contributed by atoms with E-state index >= 15 is 0 Å². The molecule has 4 nitrogen and oxygen atoms in total. The van der Waals surface area contributed by atoms with Gasteiger partial charge in [0.25, 0.3) is 0 Å². The number of benzene rings is 2. The molecule has 0 radical (unpaired) electrons. The van der Waals surface area contributed by atoms with Gasteiger partial charge in [-0.15, -0.1) is 0 Å². The van der Waals surface area contributed by atoms with E-state index in [1.54, 1.807) is 12.4 Å². The number of rotatable bonds is 4. The minimum atomic E-state index is 0.679. The van der Waals surface area contributed by atoms with Crippen LogP contribution in [0.4, 0.5) is 5.69 Å².